The number of hydrogen-bond acceptors (Lipinski definition) is 21. The lowest BCUT2D eigenvalue weighted by Gasteiger charge is -2.40. The number of carbonyl (C=O) groups is 1. The topological polar surface area (TPSA) is 356 Å². The molecule has 4 aromatic rings. The lowest BCUT2D eigenvalue weighted by molar-refractivity contribution is -0.277. The first-order chi connectivity index (χ1) is 31.0. The fourth-order valence-electron chi connectivity index (χ4n) is 8.06. The number of aromatic hydroxyl groups is 2. The van der Waals surface area contributed by atoms with E-state index in [2.05, 4.69) is 0 Å². The Bertz CT molecular complexity index is 2350. The van der Waals surface area contributed by atoms with Gasteiger partial charge in [-0.1, -0.05) is 12.1 Å². The quantitative estimate of drug-likeness (QED) is 0.0509. The van der Waals surface area contributed by atoms with Crippen molar-refractivity contribution in [3.8, 4) is 40.1 Å². The van der Waals surface area contributed by atoms with Gasteiger partial charge in [0.2, 0.25) is 17.5 Å². The minimum atomic E-state index is -1.87. The first-order valence-corrected chi connectivity index (χ1v) is 20.6. The second-order valence-corrected chi connectivity index (χ2v) is 16.2. The smallest absolute Gasteiger partial charge is 0.330 e. The number of phenols is 2. The van der Waals surface area contributed by atoms with Crippen molar-refractivity contribution in [2.24, 2.45) is 11.8 Å². The van der Waals surface area contributed by atoms with Crippen LogP contribution in [0, 0.1) is 11.8 Å². The third-order valence-corrected chi connectivity index (χ3v) is 11.9. The predicted octanol–water partition coefficient (Wildman–Crippen LogP) is -2.00. The third kappa shape index (κ3) is 10.1. The van der Waals surface area contributed by atoms with Crippen molar-refractivity contribution >= 4 is 23.0 Å². The summed E-state index contributed by atoms with van der Waals surface area (Å²) in [6, 6.07) is 13.6. The van der Waals surface area contributed by atoms with E-state index in [1.807, 2.05) is 0 Å². The van der Waals surface area contributed by atoms with E-state index in [9.17, 15) is 76.0 Å². The van der Waals surface area contributed by atoms with E-state index in [0.29, 0.717) is 5.56 Å². The Kier molecular flexibility index (Phi) is 14.6. The molecule has 7 rings (SSSR count). The molecule has 2 aliphatic carbocycles. The van der Waals surface area contributed by atoms with Gasteiger partial charge in [0.15, 0.2) is 5.76 Å². The van der Waals surface area contributed by atoms with Gasteiger partial charge in [0.1, 0.15) is 95.0 Å². The molecule has 0 amide bonds. The first-order valence-electron chi connectivity index (χ1n) is 20.6. The van der Waals surface area contributed by atoms with Crippen molar-refractivity contribution in [3.05, 3.63) is 82.5 Å². The van der Waals surface area contributed by atoms with E-state index in [-0.39, 0.29) is 47.0 Å². The molecular weight excluding hydrogens is 864 g/mol. The van der Waals surface area contributed by atoms with Crippen LogP contribution < -0.4 is 19.6 Å². The molecule has 1 aliphatic heterocycles. The summed E-state index contributed by atoms with van der Waals surface area (Å²) in [5.74, 6) is -4.47. The molecule has 0 radical (unpaired) electrons. The summed E-state index contributed by atoms with van der Waals surface area (Å²) in [5.41, 5.74) is -0.674. The second kappa shape index (κ2) is 20.0. The van der Waals surface area contributed by atoms with Gasteiger partial charge < -0.3 is 94.5 Å². The zero-order valence-corrected chi connectivity index (χ0v) is 34.2. The normalized spacial score (nSPS) is 32.9. The van der Waals surface area contributed by atoms with Gasteiger partial charge in [-0.05, 0) is 60.9 Å². The van der Waals surface area contributed by atoms with Crippen molar-refractivity contribution in [2.45, 2.75) is 92.4 Å². The average molecular weight is 915 g/mol. The van der Waals surface area contributed by atoms with Crippen LogP contribution in [0.15, 0.2) is 76.0 Å². The molecular formula is C44H50O21. The van der Waals surface area contributed by atoms with Gasteiger partial charge in [0.25, 0.3) is 0 Å². The molecule has 3 aromatic carbocycles. The van der Waals surface area contributed by atoms with Gasteiger partial charge in [-0.2, -0.15) is 0 Å². The number of esters is 1. The highest BCUT2D eigenvalue weighted by Crippen LogP contribution is 2.40. The monoisotopic (exact) mass is 914 g/mol. The molecule has 1 aromatic heterocycles. The van der Waals surface area contributed by atoms with Gasteiger partial charge in [-0.25, -0.2) is 4.79 Å². The number of hydrogen-bond donors (Lipinski definition) is 13. The minimum Gasteiger partial charge on any atom is -0.508 e. The molecule has 21 heteroatoms. The number of phenolic OH excluding ortho intramolecular Hbond substituents is 2. The van der Waals surface area contributed by atoms with Crippen LogP contribution in [0.25, 0.3) is 28.4 Å². The molecule has 0 bridgehead atoms. The Morgan fingerprint density at radius 2 is 1.28 bits per heavy atom. The molecule has 9 unspecified atom stereocenters. The van der Waals surface area contributed by atoms with Crippen LogP contribution in [0.1, 0.15) is 18.4 Å². The zero-order chi connectivity index (χ0) is 46.9. The molecule has 3 aliphatic rings. The number of rotatable bonds is 13. The van der Waals surface area contributed by atoms with E-state index >= 15 is 0 Å². The SMILES string of the molecule is O=C(/C=C/c1ccc(O)cc1)OCC1C[C@@H](Oc2c(-c3ccc(O[C@@H]4CC(CO)[C@@H](O)C(O)C4O)cc3)oc3cc(O[C@@H]4OC(CO)[C@@H](O)C(O)C4O)cc(O)c3c2=O)C(O)C(O)[C@@H]1O. The zero-order valence-electron chi connectivity index (χ0n) is 34.2. The van der Waals surface area contributed by atoms with Gasteiger partial charge in [-0.3, -0.25) is 4.79 Å². The lowest BCUT2D eigenvalue weighted by atomic mass is 9.81. The molecule has 1 saturated heterocycles. The summed E-state index contributed by atoms with van der Waals surface area (Å²) in [4.78, 5) is 27.0. The van der Waals surface area contributed by atoms with E-state index in [1.54, 1.807) is 12.1 Å². The van der Waals surface area contributed by atoms with Crippen LogP contribution in [0.3, 0.4) is 0 Å². The van der Waals surface area contributed by atoms with Crippen LogP contribution in [-0.4, -0.2) is 172 Å². The molecule has 65 heavy (non-hydrogen) atoms. The van der Waals surface area contributed by atoms with Gasteiger partial charge >= 0.3 is 5.97 Å². The predicted molar refractivity (Wildman–Crippen MR) is 220 cm³/mol. The Morgan fingerprint density at radius 1 is 0.662 bits per heavy atom. The maximum absolute atomic E-state index is 14.4. The van der Waals surface area contributed by atoms with Gasteiger partial charge in [0.05, 0.1) is 25.4 Å². The van der Waals surface area contributed by atoms with Crippen LogP contribution in [0.5, 0.6) is 28.7 Å². The van der Waals surface area contributed by atoms with Crippen molar-refractivity contribution in [2.75, 3.05) is 19.8 Å². The molecule has 352 valence electrons. The highest BCUT2D eigenvalue weighted by atomic mass is 16.7. The van der Waals surface area contributed by atoms with E-state index in [4.69, 9.17) is 28.1 Å². The molecule has 15 atom stereocenters. The number of carbonyl (C=O) groups excluding carboxylic acids is 1. The summed E-state index contributed by atoms with van der Waals surface area (Å²) in [7, 11) is 0. The van der Waals surface area contributed by atoms with E-state index < -0.39 is 139 Å². The number of aliphatic hydroxyl groups excluding tert-OH is 11. The minimum absolute atomic E-state index is 0.0207. The lowest BCUT2D eigenvalue weighted by Crippen LogP contribution is -2.60. The molecule has 13 N–H and O–H groups in total. The maximum atomic E-state index is 14.4. The van der Waals surface area contributed by atoms with Crippen molar-refractivity contribution in [3.63, 3.8) is 0 Å². The van der Waals surface area contributed by atoms with Crippen LogP contribution in [-0.2, 0) is 14.3 Å². The summed E-state index contributed by atoms with van der Waals surface area (Å²) >= 11 is 0. The fourth-order valence-corrected chi connectivity index (χ4v) is 8.06. The number of ether oxygens (including phenoxy) is 5. The van der Waals surface area contributed by atoms with Crippen LogP contribution >= 0.6 is 0 Å². The van der Waals surface area contributed by atoms with Crippen molar-refractivity contribution in [1.29, 1.82) is 0 Å². The fraction of sp³-hybridized carbons (Fsp3) is 0.455. The molecule has 2 saturated carbocycles. The Morgan fingerprint density at radius 3 is 1.92 bits per heavy atom. The Hall–Kier alpha value is -5.40. The average Bonchev–Trinajstić information content (AvgIpc) is 3.29. The largest absolute Gasteiger partial charge is 0.508 e. The molecule has 21 nitrogen and oxygen atoms in total. The summed E-state index contributed by atoms with van der Waals surface area (Å²) in [5, 5.41) is 135. The number of fused-ring (bicyclic) bond motifs is 1. The van der Waals surface area contributed by atoms with Gasteiger partial charge in [-0.15, -0.1) is 0 Å². The Labute approximate surface area is 368 Å². The van der Waals surface area contributed by atoms with Crippen LogP contribution in [0.4, 0.5) is 0 Å². The number of benzene rings is 3. The summed E-state index contributed by atoms with van der Waals surface area (Å²) < 4.78 is 34.6. The maximum Gasteiger partial charge on any atom is 0.330 e. The van der Waals surface area contributed by atoms with Crippen molar-refractivity contribution < 1.29 is 99.3 Å². The highest BCUT2D eigenvalue weighted by Gasteiger charge is 2.47. The van der Waals surface area contributed by atoms with Gasteiger partial charge in [0, 0.05) is 42.2 Å². The molecule has 0 spiro atoms. The molecule has 2 heterocycles. The van der Waals surface area contributed by atoms with Crippen molar-refractivity contribution in [1.82, 2.24) is 0 Å². The van der Waals surface area contributed by atoms with Crippen LogP contribution in [0.2, 0.25) is 0 Å². The Balaban J connectivity index is 1.20. The van der Waals surface area contributed by atoms with E-state index in [1.165, 1.54) is 42.5 Å². The number of aliphatic hydroxyl groups is 11. The molecule has 3 fully saturated rings. The van der Waals surface area contributed by atoms with E-state index in [0.717, 1.165) is 18.2 Å². The second-order valence-electron chi connectivity index (χ2n) is 16.2. The standard InChI is InChI=1S/C44H50O21/c45-15-20-11-27(34(52)38(56)32(20)50)61-23-8-4-19(5-9-23)42-43(37(55)31-25(48)13-24(14-26(31)63-42)62-44-41(59)40(58)36(54)29(16-46)65-44)64-28-12-21(33(51)39(57)35(28)53)17-60-30(49)10-3-18-1-6-22(47)7-2-18/h1-10,13-14,20-21,27-29,32-36,38-41,44-48,50-54,56-59H,11-12,15-17H2/b10-3+/t20?,21?,27-,28-,29?,32-,33-,34?,35?,36-,38?,39?,40?,41?,44-/m1/s1. The third-order valence-electron chi connectivity index (χ3n) is 11.9. The summed E-state index contributed by atoms with van der Waals surface area (Å²) in [6.45, 7) is -1.71. The highest BCUT2D eigenvalue weighted by molar-refractivity contribution is 5.88. The summed E-state index contributed by atoms with van der Waals surface area (Å²) in [6.07, 6.45) is -18.6. The first kappa shape index (κ1) is 47.6.